The van der Waals surface area contributed by atoms with Crippen LogP contribution in [0.3, 0.4) is 0 Å². The molecule has 0 spiro atoms. The van der Waals surface area contributed by atoms with Crippen LogP contribution in [0.2, 0.25) is 0 Å². The molecule has 0 unspecified atom stereocenters. The Balaban J connectivity index is 1.70. The first-order valence-corrected chi connectivity index (χ1v) is 8.28. The quantitative estimate of drug-likeness (QED) is 0.680. The van der Waals surface area contributed by atoms with Crippen LogP contribution in [-0.4, -0.2) is 10.9 Å². The number of anilines is 1. The molecule has 3 nitrogen and oxygen atoms in total. The number of hydrogen-bond acceptors (Lipinski definition) is 4. The van der Waals surface area contributed by atoms with Crippen molar-refractivity contribution in [3.05, 3.63) is 51.1 Å². The summed E-state index contributed by atoms with van der Waals surface area (Å²) in [5.74, 6) is -0.173. The standard InChI is InChI=1S/C14H9BrN2OS2/c15-9-7-10(19-8-9)5-6-13(18)17-14-16-11-3-1-2-4-12(11)20-14/h1-8H,(H,16,17,18)/b6-5+. The van der Waals surface area contributed by atoms with Crippen molar-refractivity contribution in [2.45, 2.75) is 0 Å². The summed E-state index contributed by atoms with van der Waals surface area (Å²) in [7, 11) is 0. The number of aromatic nitrogens is 1. The van der Waals surface area contributed by atoms with Crippen LogP contribution < -0.4 is 5.32 Å². The fraction of sp³-hybridized carbons (Fsp3) is 0. The number of thiophene rings is 1. The van der Waals surface area contributed by atoms with Gasteiger partial charge in [0.2, 0.25) is 5.91 Å². The molecule has 1 aromatic carbocycles. The Kier molecular flexibility index (Phi) is 3.95. The van der Waals surface area contributed by atoms with Gasteiger partial charge in [-0.2, -0.15) is 0 Å². The van der Waals surface area contributed by atoms with Crippen molar-refractivity contribution in [1.82, 2.24) is 4.98 Å². The van der Waals surface area contributed by atoms with Crippen LogP contribution in [-0.2, 0) is 4.79 Å². The minimum Gasteiger partial charge on any atom is -0.298 e. The van der Waals surface area contributed by atoms with E-state index in [4.69, 9.17) is 0 Å². The van der Waals surface area contributed by atoms with Crippen molar-refractivity contribution in [2.75, 3.05) is 5.32 Å². The van der Waals surface area contributed by atoms with E-state index in [0.717, 1.165) is 19.6 Å². The van der Waals surface area contributed by atoms with Gasteiger partial charge in [-0.15, -0.1) is 11.3 Å². The Morgan fingerprint density at radius 1 is 1.35 bits per heavy atom. The zero-order valence-corrected chi connectivity index (χ0v) is 13.4. The number of nitrogens with one attached hydrogen (secondary N) is 1. The Morgan fingerprint density at radius 2 is 2.20 bits per heavy atom. The van der Waals surface area contributed by atoms with E-state index in [1.54, 1.807) is 17.4 Å². The van der Waals surface area contributed by atoms with Crippen LogP contribution >= 0.6 is 38.6 Å². The molecule has 20 heavy (non-hydrogen) atoms. The van der Waals surface area contributed by atoms with Gasteiger partial charge in [0.1, 0.15) is 0 Å². The molecule has 0 aliphatic heterocycles. The predicted octanol–water partition coefficient (Wildman–Crippen LogP) is 4.77. The number of hydrogen-bond donors (Lipinski definition) is 1. The highest BCUT2D eigenvalue weighted by molar-refractivity contribution is 9.10. The number of halogens is 1. The van der Waals surface area contributed by atoms with E-state index >= 15 is 0 Å². The molecule has 2 heterocycles. The number of carbonyl (C=O) groups excluding carboxylic acids is 1. The number of nitrogens with zero attached hydrogens (tertiary/aromatic N) is 1. The van der Waals surface area contributed by atoms with Gasteiger partial charge < -0.3 is 0 Å². The summed E-state index contributed by atoms with van der Waals surface area (Å²) < 4.78 is 2.09. The zero-order valence-electron chi connectivity index (χ0n) is 10.2. The number of rotatable bonds is 3. The highest BCUT2D eigenvalue weighted by Crippen LogP contribution is 2.25. The van der Waals surface area contributed by atoms with E-state index < -0.39 is 0 Å². The molecule has 0 fully saturated rings. The Labute approximate surface area is 132 Å². The Morgan fingerprint density at radius 3 is 2.95 bits per heavy atom. The first-order chi connectivity index (χ1) is 9.70. The van der Waals surface area contributed by atoms with Gasteiger partial charge in [-0.1, -0.05) is 23.5 Å². The maximum absolute atomic E-state index is 11.8. The second kappa shape index (κ2) is 5.87. The van der Waals surface area contributed by atoms with Crippen LogP contribution in [0.25, 0.3) is 16.3 Å². The number of amides is 1. The minimum atomic E-state index is -0.173. The van der Waals surface area contributed by atoms with Gasteiger partial charge in [-0.25, -0.2) is 4.98 Å². The molecule has 1 amide bonds. The number of benzene rings is 1. The third kappa shape index (κ3) is 3.15. The van der Waals surface area contributed by atoms with Gasteiger partial charge >= 0.3 is 0 Å². The molecule has 3 aromatic rings. The lowest BCUT2D eigenvalue weighted by molar-refractivity contribution is -0.111. The van der Waals surface area contributed by atoms with Gasteiger partial charge in [-0.05, 0) is 40.2 Å². The normalized spacial score (nSPS) is 11.2. The second-order valence-electron chi connectivity index (χ2n) is 3.98. The van der Waals surface area contributed by atoms with E-state index in [1.165, 1.54) is 17.4 Å². The van der Waals surface area contributed by atoms with Crippen molar-refractivity contribution in [3.63, 3.8) is 0 Å². The van der Waals surface area contributed by atoms with Crippen LogP contribution in [0.4, 0.5) is 5.13 Å². The van der Waals surface area contributed by atoms with Gasteiger partial charge in [0.25, 0.3) is 0 Å². The summed E-state index contributed by atoms with van der Waals surface area (Å²) in [4.78, 5) is 17.2. The van der Waals surface area contributed by atoms with E-state index in [2.05, 4.69) is 26.2 Å². The minimum absolute atomic E-state index is 0.173. The van der Waals surface area contributed by atoms with Crippen LogP contribution in [0.15, 0.2) is 46.3 Å². The van der Waals surface area contributed by atoms with Crippen LogP contribution in [0.5, 0.6) is 0 Å². The van der Waals surface area contributed by atoms with Crippen molar-refractivity contribution >= 4 is 65.9 Å². The summed E-state index contributed by atoms with van der Waals surface area (Å²) in [5, 5.41) is 5.38. The first kappa shape index (κ1) is 13.5. The molecule has 1 N–H and O–H groups in total. The molecule has 3 rings (SSSR count). The van der Waals surface area contributed by atoms with Crippen molar-refractivity contribution < 1.29 is 4.79 Å². The zero-order chi connectivity index (χ0) is 13.9. The number of fused-ring (bicyclic) bond motifs is 1. The van der Waals surface area contributed by atoms with Crippen molar-refractivity contribution in [2.24, 2.45) is 0 Å². The van der Waals surface area contributed by atoms with Gasteiger partial charge in [0.05, 0.1) is 10.2 Å². The summed E-state index contributed by atoms with van der Waals surface area (Å²) in [6.45, 7) is 0. The van der Waals surface area contributed by atoms with Crippen molar-refractivity contribution in [1.29, 1.82) is 0 Å². The highest BCUT2D eigenvalue weighted by Gasteiger charge is 2.05. The monoisotopic (exact) mass is 364 g/mol. The average molecular weight is 365 g/mol. The lowest BCUT2D eigenvalue weighted by atomic mass is 10.3. The molecular formula is C14H9BrN2OS2. The largest absolute Gasteiger partial charge is 0.298 e. The molecule has 0 saturated carbocycles. The molecule has 0 aliphatic carbocycles. The SMILES string of the molecule is O=C(/C=C/c1cc(Br)cs1)Nc1nc2ccccc2s1. The van der Waals surface area contributed by atoms with Crippen molar-refractivity contribution in [3.8, 4) is 0 Å². The average Bonchev–Trinajstić information content (AvgIpc) is 3.01. The fourth-order valence-corrected chi connectivity index (χ4v) is 3.85. The second-order valence-corrected chi connectivity index (χ2v) is 6.87. The van der Waals surface area contributed by atoms with Crippen LogP contribution in [0, 0.1) is 0 Å². The summed E-state index contributed by atoms with van der Waals surface area (Å²) in [6, 6.07) is 9.77. The van der Waals surface area contributed by atoms with E-state index in [1.807, 2.05) is 35.7 Å². The summed E-state index contributed by atoms with van der Waals surface area (Å²) in [6.07, 6.45) is 3.31. The molecule has 0 bridgehead atoms. The third-order valence-corrected chi connectivity index (χ3v) is 5.12. The first-order valence-electron chi connectivity index (χ1n) is 5.79. The van der Waals surface area contributed by atoms with E-state index in [0.29, 0.717) is 5.13 Å². The molecule has 2 aromatic heterocycles. The molecule has 0 aliphatic rings. The topological polar surface area (TPSA) is 42.0 Å². The lowest BCUT2D eigenvalue weighted by Crippen LogP contribution is -2.06. The number of para-hydroxylation sites is 1. The van der Waals surface area contributed by atoms with Crippen LogP contribution in [0.1, 0.15) is 4.88 Å². The van der Waals surface area contributed by atoms with Gasteiger partial charge in [0, 0.05) is 20.8 Å². The Hall–Kier alpha value is -1.50. The molecule has 0 atom stereocenters. The Bertz CT molecular complexity index is 758. The summed E-state index contributed by atoms with van der Waals surface area (Å²) >= 11 is 6.42. The van der Waals surface area contributed by atoms with E-state index in [-0.39, 0.29) is 5.91 Å². The van der Waals surface area contributed by atoms with Gasteiger partial charge in [0.15, 0.2) is 5.13 Å². The predicted molar refractivity (Wildman–Crippen MR) is 89.3 cm³/mol. The summed E-state index contributed by atoms with van der Waals surface area (Å²) in [5.41, 5.74) is 0.902. The number of carbonyl (C=O) groups is 1. The maximum atomic E-state index is 11.8. The smallest absolute Gasteiger partial charge is 0.250 e. The molecule has 0 saturated heterocycles. The number of thiazole rings is 1. The third-order valence-electron chi connectivity index (χ3n) is 2.51. The fourth-order valence-electron chi connectivity index (χ4n) is 1.65. The van der Waals surface area contributed by atoms with E-state index in [9.17, 15) is 4.79 Å². The molecule has 100 valence electrons. The molecular weight excluding hydrogens is 356 g/mol. The molecule has 6 heteroatoms. The van der Waals surface area contributed by atoms with Gasteiger partial charge in [-0.3, -0.25) is 10.1 Å². The highest BCUT2D eigenvalue weighted by atomic mass is 79.9. The maximum Gasteiger partial charge on any atom is 0.250 e. The lowest BCUT2D eigenvalue weighted by Gasteiger charge is -1.94. The molecule has 0 radical (unpaired) electrons.